The summed E-state index contributed by atoms with van der Waals surface area (Å²) in [7, 11) is -0.325. The van der Waals surface area contributed by atoms with Gasteiger partial charge in [-0.15, -0.1) is 0 Å². The number of methoxy groups -OCH3 is 1. The van der Waals surface area contributed by atoms with E-state index in [1.165, 1.54) is 16.2 Å². The largest absolute Gasteiger partial charge is 0.383 e. The van der Waals surface area contributed by atoms with Crippen molar-refractivity contribution in [2.24, 2.45) is 7.05 Å². The van der Waals surface area contributed by atoms with E-state index in [2.05, 4.69) is 36.3 Å². The third kappa shape index (κ3) is 5.10. The van der Waals surface area contributed by atoms with Gasteiger partial charge < -0.3 is 13.9 Å². The summed E-state index contributed by atoms with van der Waals surface area (Å²) >= 11 is 0. The average Bonchev–Trinajstić information content (AvgIpc) is 3.73. The third-order valence-electron chi connectivity index (χ3n) is 8.42. The second kappa shape index (κ2) is 11.0. The van der Waals surface area contributed by atoms with Gasteiger partial charge >= 0.3 is 0 Å². The summed E-state index contributed by atoms with van der Waals surface area (Å²) in [5, 5.41) is 5.62. The Balaban J connectivity index is 1.40. The van der Waals surface area contributed by atoms with E-state index in [1.807, 2.05) is 33.6 Å². The standard InChI is InChI=1S/C32H35N5O4S/c1-24-17-30-26(20-33-37(30)27-9-10-31(38)34(2)21-27)18-29(24)32(19-25-7-5-4-6-8-25)12-14-36(23-32)42(39,40)28-11-13-35(22-28)15-16-41-3/h4-11,13,17-18,20-22H,12,14-16,19,23H2,1-3H3. The lowest BCUT2D eigenvalue weighted by molar-refractivity contribution is 0.187. The first-order chi connectivity index (χ1) is 20.2. The van der Waals surface area contributed by atoms with Crippen molar-refractivity contribution in [2.75, 3.05) is 26.8 Å². The number of aromatic nitrogens is 4. The van der Waals surface area contributed by atoms with Crippen molar-refractivity contribution in [1.82, 2.24) is 23.2 Å². The minimum Gasteiger partial charge on any atom is -0.383 e. The average molecular weight is 586 g/mol. The summed E-state index contributed by atoms with van der Waals surface area (Å²) in [5.74, 6) is 0. The summed E-state index contributed by atoms with van der Waals surface area (Å²) in [6.07, 6.45) is 8.52. The molecule has 1 aliphatic rings. The lowest BCUT2D eigenvalue weighted by Gasteiger charge is -2.32. The van der Waals surface area contributed by atoms with E-state index < -0.39 is 15.4 Å². The molecule has 0 aliphatic carbocycles. The second-order valence-corrected chi connectivity index (χ2v) is 13.2. The van der Waals surface area contributed by atoms with Crippen LogP contribution in [0.5, 0.6) is 0 Å². The van der Waals surface area contributed by atoms with Crippen molar-refractivity contribution >= 4 is 20.9 Å². The van der Waals surface area contributed by atoms with Gasteiger partial charge in [-0.3, -0.25) is 4.79 Å². The van der Waals surface area contributed by atoms with Gasteiger partial charge in [0, 0.05) is 69.2 Å². The highest BCUT2D eigenvalue weighted by Gasteiger charge is 2.45. The smallest absolute Gasteiger partial charge is 0.250 e. The molecule has 218 valence electrons. The molecule has 6 rings (SSSR count). The number of nitrogens with zero attached hydrogens (tertiary/aromatic N) is 5. The highest BCUT2D eigenvalue weighted by atomic mass is 32.2. The van der Waals surface area contributed by atoms with Gasteiger partial charge in [-0.2, -0.15) is 9.40 Å². The number of ether oxygens (including phenoxy) is 1. The molecule has 42 heavy (non-hydrogen) atoms. The lowest BCUT2D eigenvalue weighted by Crippen LogP contribution is -2.36. The SMILES string of the molecule is COCCn1ccc(S(=O)(=O)N2CCC(Cc3ccccc3)(c3cc4cnn(-c5ccc(=O)n(C)c5)c4cc3C)C2)c1. The monoisotopic (exact) mass is 585 g/mol. The zero-order valence-electron chi connectivity index (χ0n) is 24.1. The van der Waals surface area contributed by atoms with E-state index in [-0.39, 0.29) is 5.56 Å². The molecule has 0 bridgehead atoms. The molecule has 9 nitrogen and oxygen atoms in total. The Bertz CT molecular complexity index is 1910. The molecular weight excluding hydrogens is 550 g/mol. The Morgan fingerprint density at radius 2 is 1.86 bits per heavy atom. The van der Waals surface area contributed by atoms with Gasteiger partial charge in [-0.05, 0) is 60.7 Å². The molecule has 4 heterocycles. The molecule has 0 N–H and O–H groups in total. The number of hydrogen-bond donors (Lipinski definition) is 0. The Morgan fingerprint density at radius 3 is 2.62 bits per heavy atom. The zero-order chi connectivity index (χ0) is 29.5. The maximum Gasteiger partial charge on any atom is 0.250 e. The Labute approximate surface area is 245 Å². The van der Waals surface area contributed by atoms with Crippen molar-refractivity contribution in [3.63, 3.8) is 0 Å². The topological polar surface area (TPSA) is 91.4 Å². The van der Waals surface area contributed by atoms with Crippen molar-refractivity contribution in [3.8, 4) is 5.69 Å². The zero-order valence-corrected chi connectivity index (χ0v) is 24.9. The number of benzene rings is 2. The molecule has 1 fully saturated rings. The van der Waals surface area contributed by atoms with Crippen LogP contribution in [0.25, 0.3) is 16.6 Å². The Hall–Kier alpha value is -3.99. The van der Waals surface area contributed by atoms with E-state index in [1.54, 1.807) is 49.2 Å². The first-order valence-corrected chi connectivity index (χ1v) is 15.5. The molecule has 0 spiro atoms. The molecular formula is C32H35N5O4S. The van der Waals surface area contributed by atoms with Gasteiger partial charge in [-0.25, -0.2) is 13.1 Å². The second-order valence-electron chi connectivity index (χ2n) is 11.2. The number of hydrogen-bond acceptors (Lipinski definition) is 5. The predicted molar refractivity (Wildman–Crippen MR) is 163 cm³/mol. The first-order valence-electron chi connectivity index (χ1n) is 14.0. The highest BCUT2D eigenvalue weighted by Crippen LogP contribution is 2.42. The molecule has 5 aromatic rings. The minimum absolute atomic E-state index is 0.0798. The third-order valence-corrected chi connectivity index (χ3v) is 10.2. The number of pyridine rings is 1. The fourth-order valence-corrected chi connectivity index (χ4v) is 7.75. The highest BCUT2D eigenvalue weighted by molar-refractivity contribution is 7.89. The normalized spacial score (nSPS) is 17.8. The van der Waals surface area contributed by atoms with Gasteiger partial charge in [0.1, 0.15) is 0 Å². The van der Waals surface area contributed by atoms with Gasteiger partial charge in [-0.1, -0.05) is 30.3 Å². The van der Waals surface area contributed by atoms with Crippen LogP contribution in [0.4, 0.5) is 0 Å². The summed E-state index contributed by atoms with van der Waals surface area (Å²) in [5.41, 5.74) is 4.62. The molecule has 1 aliphatic heterocycles. The number of rotatable bonds is 9. The van der Waals surface area contributed by atoms with E-state index in [9.17, 15) is 13.2 Å². The van der Waals surface area contributed by atoms with Gasteiger partial charge in [0.2, 0.25) is 15.6 Å². The van der Waals surface area contributed by atoms with Crippen LogP contribution < -0.4 is 5.56 Å². The molecule has 0 radical (unpaired) electrons. The molecule has 3 aromatic heterocycles. The van der Waals surface area contributed by atoms with Crippen molar-refractivity contribution in [1.29, 1.82) is 0 Å². The van der Waals surface area contributed by atoms with Crippen LogP contribution >= 0.6 is 0 Å². The van der Waals surface area contributed by atoms with Crippen molar-refractivity contribution in [3.05, 3.63) is 112 Å². The van der Waals surface area contributed by atoms with Crippen LogP contribution in [0.1, 0.15) is 23.1 Å². The molecule has 0 saturated carbocycles. The Morgan fingerprint density at radius 1 is 1.05 bits per heavy atom. The molecule has 1 saturated heterocycles. The molecule has 1 atom stereocenters. The quantitative estimate of drug-likeness (QED) is 0.260. The van der Waals surface area contributed by atoms with Crippen LogP contribution in [0.15, 0.2) is 95.1 Å². The summed E-state index contributed by atoms with van der Waals surface area (Å²) in [6, 6.07) is 19.6. The van der Waals surface area contributed by atoms with Crippen LogP contribution in [0.3, 0.4) is 0 Å². The molecule has 2 aromatic carbocycles. The van der Waals surface area contributed by atoms with Crippen LogP contribution in [-0.4, -0.2) is 58.4 Å². The molecule has 1 unspecified atom stereocenters. The van der Waals surface area contributed by atoms with Gasteiger partial charge in [0.05, 0.1) is 28.9 Å². The van der Waals surface area contributed by atoms with Gasteiger partial charge in [0.25, 0.3) is 0 Å². The fraction of sp³-hybridized carbons (Fsp3) is 0.312. The van der Waals surface area contributed by atoms with E-state index in [0.29, 0.717) is 37.6 Å². The fourth-order valence-electron chi connectivity index (χ4n) is 6.20. The van der Waals surface area contributed by atoms with Crippen LogP contribution in [-0.2, 0) is 40.2 Å². The number of aryl methyl sites for hydroxylation is 2. The van der Waals surface area contributed by atoms with Crippen LogP contribution in [0, 0.1) is 6.92 Å². The first kappa shape index (κ1) is 28.1. The molecule has 10 heteroatoms. The maximum absolute atomic E-state index is 13.8. The summed E-state index contributed by atoms with van der Waals surface area (Å²) < 4.78 is 39.7. The number of sulfonamides is 1. The van der Waals surface area contributed by atoms with Gasteiger partial charge in [0.15, 0.2) is 0 Å². The lowest BCUT2D eigenvalue weighted by atomic mass is 9.73. The van der Waals surface area contributed by atoms with E-state index >= 15 is 0 Å². The minimum atomic E-state index is -3.68. The Kier molecular flexibility index (Phi) is 7.38. The summed E-state index contributed by atoms with van der Waals surface area (Å²) in [4.78, 5) is 12.3. The summed E-state index contributed by atoms with van der Waals surface area (Å²) in [6.45, 7) is 4.02. The van der Waals surface area contributed by atoms with Crippen molar-refractivity contribution < 1.29 is 13.2 Å². The molecule has 0 amide bonds. The van der Waals surface area contributed by atoms with E-state index in [4.69, 9.17) is 4.74 Å². The van der Waals surface area contributed by atoms with Crippen molar-refractivity contribution in [2.45, 2.75) is 36.6 Å². The number of fused-ring (bicyclic) bond motifs is 1. The predicted octanol–water partition coefficient (Wildman–Crippen LogP) is 4.06. The maximum atomic E-state index is 13.8. The van der Waals surface area contributed by atoms with Crippen LogP contribution in [0.2, 0.25) is 0 Å². The van der Waals surface area contributed by atoms with E-state index in [0.717, 1.165) is 34.1 Å².